The number of fused-ring (bicyclic) bond motifs is 2. The van der Waals surface area contributed by atoms with Gasteiger partial charge in [-0.15, -0.1) is 0 Å². The topological polar surface area (TPSA) is 15.3 Å². The van der Waals surface area contributed by atoms with E-state index in [0.717, 1.165) is 18.9 Å². The van der Waals surface area contributed by atoms with Crippen LogP contribution in [0.5, 0.6) is 0 Å². The Kier molecular flexibility index (Phi) is 3.40. The fourth-order valence-electron chi connectivity index (χ4n) is 3.61. The number of piperidine rings is 1. The molecule has 2 aliphatic rings. The van der Waals surface area contributed by atoms with Crippen LogP contribution >= 0.6 is 0 Å². The zero-order valence-electron chi connectivity index (χ0n) is 11.5. The maximum atomic E-state index is 13.0. The highest BCUT2D eigenvalue weighted by Gasteiger charge is 2.39. The molecule has 20 heavy (non-hydrogen) atoms. The summed E-state index contributed by atoms with van der Waals surface area (Å²) < 4.78 is 38.9. The zero-order chi connectivity index (χ0) is 14.3. The van der Waals surface area contributed by atoms with Crippen LogP contribution in [-0.2, 0) is 6.18 Å². The van der Waals surface area contributed by atoms with Crippen LogP contribution in [0, 0.1) is 0 Å². The Morgan fingerprint density at radius 1 is 1.10 bits per heavy atom. The fraction of sp³-hybridized carbons (Fsp3) is 0.600. The maximum Gasteiger partial charge on any atom is 0.418 e. The number of hydrogen-bond acceptors (Lipinski definition) is 2. The number of hydrogen-bond donors (Lipinski definition) is 1. The molecule has 0 aliphatic carbocycles. The summed E-state index contributed by atoms with van der Waals surface area (Å²) in [5.74, 6) is 0. The van der Waals surface area contributed by atoms with E-state index in [2.05, 4.69) is 17.3 Å². The summed E-state index contributed by atoms with van der Waals surface area (Å²) in [7, 11) is 2.13. The first kappa shape index (κ1) is 13.7. The second kappa shape index (κ2) is 4.95. The van der Waals surface area contributed by atoms with E-state index < -0.39 is 11.7 Å². The molecule has 2 fully saturated rings. The van der Waals surface area contributed by atoms with Crippen LogP contribution in [0.1, 0.15) is 31.2 Å². The lowest BCUT2D eigenvalue weighted by atomic mass is 9.97. The third-order valence-corrected chi connectivity index (χ3v) is 4.69. The summed E-state index contributed by atoms with van der Waals surface area (Å²) in [5, 5.41) is 3.13. The molecule has 2 bridgehead atoms. The Bertz CT molecular complexity index is 472. The molecule has 2 aliphatic heterocycles. The number of anilines is 1. The molecule has 0 spiro atoms. The first-order chi connectivity index (χ1) is 9.45. The molecule has 110 valence electrons. The van der Waals surface area contributed by atoms with Gasteiger partial charge in [-0.05, 0) is 44.9 Å². The highest BCUT2D eigenvalue weighted by Crippen LogP contribution is 2.38. The van der Waals surface area contributed by atoms with Crippen molar-refractivity contribution >= 4 is 5.69 Å². The highest BCUT2D eigenvalue weighted by atomic mass is 19.4. The van der Waals surface area contributed by atoms with Crippen LogP contribution < -0.4 is 5.32 Å². The molecular weight excluding hydrogens is 265 g/mol. The van der Waals surface area contributed by atoms with Crippen molar-refractivity contribution in [2.75, 3.05) is 12.4 Å². The zero-order valence-corrected chi connectivity index (χ0v) is 11.5. The van der Waals surface area contributed by atoms with Crippen LogP contribution in [0.25, 0.3) is 0 Å². The first-order valence-electron chi connectivity index (χ1n) is 7.10. The summed E-state index contributed by atoms with van der Waals surface area (Å²) in [5.41, 5.74) is -0.347. The third-order valence-electron chi connectivity index (χ3n) is 4.69. The van der Waals surface area contributed by atoms with E-state index in [4.69, 9.17) is 0 Å². The van der Waals surface area contributed by atoms with Gasteiger partial charge >= 0.3 is 6.18 Å². The van der Waals surface area contributed by atoms with Gasteiger partial charge in [0.05, 0.1) is 5.56 Å². The summed E-state index contributed by atoms with van der Waals surface area (Å²) in [4.78, 5) is 2.38. The number of alkyl halides is 3. The summed E-state index contributed by atoms with van der Waals surface area (Å²) in [6, 6.07) is 6.95. The predicted molar refractivity (Wildman–Crippen MR) is 72.7 cm³/mol. The maximum absolute atomic E-state index is 13.0. The van der Waals surface area contributed by atoms with E-state index in [1.807, 2.05) is 0 Å². The van der Waals surface area contributed by atoms with Gasteiger partial charge in [-0.3, -0.25) is 0 Å². The van der Waals surface area contributed by atoms with Crippen molar-refractivity contribution in [3.05, 3.63) is 29.8 Å². The van der Waals surface area contributed by atoms with Crippen LogP contribution in [0.3, 0.4) is 0 Å². The molecule has 0 saturated carbocycles. The lowest BCUT2D eigenvalue weighted by Gasteiger charge is -2.37. The second-order valence-corrected chi connectivity index (χ2v) is 5.91. The van der Waals surface area contributed by atoms with Gasteiger partial charge in [-0.25, -0.2) is 0 Å². The van der Waals surface area contributed by atoms with Gasteiger partial charge in [0.1, 0.15) is 0 Å². The van der Waals surface area contributed by atoms with Crippen LogP contribution in [0.2, 0.25) is 0 Å². The minimum atomic E-state index is -4.30. The number of nitrogens with zero attached hydrogens (tertiary/aromatic N) is 1. The normalized spacial score (nSPS) is 30.5. The Balaban J connectivity index is 1.76. The Morgan fingerprint density at radius 2 is 1.70 bits per heavy atom. The van der Waals surface area contributed by atoms with Crippen molar-refractivity contribution in [2.24, 2.45) is 0 Å². The molecule has 3 rings (SSSR count). The Morgan fingerprint density at radius 3 is 2.30 bits per heavy atom. The molecule has 0 aromatic heterocycles. The quantitative estimate of drug-likeness (QED) is 0.890. The van der Waals surface area contributed by atoms with Gasteiger partial charge in [0.15, 0.2) is 0 Å². The van der Waals surface area contributed by atoms with Crippen LogP contribution in [0.15, 0.2) is 24.3 Å². The van der Waals surface area contributed by atoms with E-state index in [9.17, 15) is 13.2 Å². The Hall–Kier alpha value is -1.23. The molecule has 2 atom stereocenters. The first-order valence-corrected chi connectivity index (χ1v) is 7.10. The highest BCUT2D eigenvalue weighted by molar-refractivity contribution is 5.53. The van der Waals surface area contributed by atoms with Gasteiger partial charge in [0.2, 0.25) is 0 Å². The minimum absolute atomic E-state index is 0.146. The predicted octanol–water partition coefficient (Wildman–Crippen LogP) is 3.74. The van der Waals surface area contributed by atoms with Gasteiger partial charge < -0.3 is 10.2 Å². The summed E-state index contributed by atoms with van der Waals surface area (Å²) in [6.45, 7) is 0. The van der Waals surface area contributed by atoms with E-state index in [1.54, 1.807) is 6.07 Å². The number of nitrogens with one attached hydrogen (secondary N) is 1. The van der Waals surface area contributed by atoms with E-state index in [1.165, 1.54) is 25.0 Å². The van der Waals surface area contributed by atoms with Crippen molar-refractivity contribution < 1.29 is 13.2 Å². The molecule has 2 nitrogen and oxygen atoms in total. The van der Waals surface area contributed by atoms with Gasteiger partial charge in [0, 0.05) is 23.8 Å². The summed E-state index contributed by atoms with van der Waals surface area (Å²) in [6.07, 6.45) is -0.104. The fourth-order valence-corrected chi connectivity index (χ4v) is 3.61. The van der Waals surface area contributed by atoms with Gasteiger partial charge in [-0.2, -0.15) is 13.2 Å². The molecule has 5 heteroatoms. The van der Waals surface area contributed by atoms with Crippen molar-refractivity contribution in [3.8, 4) is 0 Å². The molecular formula is C15H19F3N2. The van der Waals surface area contributed by atoms with Crippen molar-refractivity contribution in [3.63, 3.8) is 0 Å². The van der Waals surface area contributed by atoms with Crippen molar-refractivity contribution in [2.45, 2.75) is 50.0 Å². The standard InChI is InChI=1S/C15H19F3N2/c1-20-11-6-7-12(20)9-10(8-11)19-14-5-3-2-4-13(14)15(16,17)18/h2-5,10-12,19H,6-9H2,1H3. The summed E-state index contributed by atoms with van der Waals surface area (Å²) >= 11 is 0. The molecule has 1 N–H and O–H groups in total. The van der Waals surface area contributed by atoms with Crippen LogP contribution in [-0.4, -0.2) is 30.1 Å². The average Bonchev–Trinajstić information content (AvgIpc) is 2.62. The van der Waals surface area contributed by atoms with Crippen molar-refractivity contribution in [1.82, 2.24) is 4.90 Å². The van der Waals surface area contributed by atoms with E-state index in [0.29, 0.717) is 12.1 Å². The molecule has 0 amide bonds. The number of rotatable bonds is 2. The molecule has 0 radical (unpaired) electrons. The SMILES string of the molecule is CN1C2CCC1CC(Nc1ccccc1C(F)(F)F)C2. The van der Waals surface area contributed by atoms with E-state index >= 15 is 0 Å². The second-order valence-electron chi connectivity index (χ2n) is 5.91. The average molecular weight is 284 g/mol. The molecule has 1 aromatic carbocycles. The molecule has 2 saturated heterocycles. The molecule has 1 aromatic rings. The van der Waals surface area contributed by atoms with Gasteiger partial charge in [-0.1, -0.05) is 12.1 Å². The van der Waals surface area contributed by atoms with Crippen molar-refractivity contribution in [1.29, 1.82) is 0 Å². The lowest BCUT2D eigenvalue weighted by Crippen LogP contribution is -2.44. The molecule has 2 heterocycles. The number of halogens is 3. The number of benzene rings is 1. The van der Waals surface area contributed by atoms with E-state index in [-0.39, 0.29) is 11.7 Å². The van der Waals surface area contributed by atoms with Gasteiger partial charge in [0.25, 0.3) is 0 Å². The Labute approximate surface area is 117 Å². The third kappa shape index (κ3) is 2.51. The lowest BCUT2D eigenvalue weighted by molar-refractivity contribution is -0.137. The number of para-hydroxylation sites is 1. The smallest absolute Gasteiger partial charge is 0.382 e. The minimum Gasteiger partial charge on any atom is -0.382 e. The largest absolute Gasteiger partial charge is 0.418 e. The van der Waals surface area contributed by atoms with Crippen LogP contribution in [0.4, 0.5) is 18.9 Å². The monoisotopic (exact) mass is 284 g/mol. The molecule has 2 unspecified atom stereocenters.